The van der Waals surface area contributed by atoms with Crippen molar-refractivity contribution in [3.63, 3.8) is 0 Å². The van der Waals surface area contributed by atoms with E-state index in [1.165, 1.54) is 12.1 Å². The number of nitrogens with one attached hydrogen (secondary N) is 1. The highest BCUT2D eigenvalue weighted by Gasteiger charge is 2.42. The van der Waals surface area contributed by atoms with Crippen LogP contribution in [0.1, 0.15) is 30.0 Å². The zero-order valence-electron chi connectivity index (χ0n) is 16.9. The van der Waals surface area contributed by atoms with Crippen molar-refractivity contribution < 1.29 is 22.9 Å². The number of non-ortho nitro benzene ring substituents is 1. The van der Waals surface area contributed by atoms with Crippen molar-refractivity contribution >= 4 is 28.7 Å². The summed E-state index contributed by atoms with van der Waals surface area (Å²) in [7, 11) is 1.82. The van der Waals surface area contributed by atoms with Gasteiger partial charge in [-0.15, -0.1) is 0 Å². The molecule has 4 rings (SSSR count). The second-order valence-corrected chi connectivity index (χ2v) is 7.90. The molecule has 31 heavy (non-hydrogen) atoms. The third kappa shape index (κ3) is 3.66. The van der Waals surface area contributed by atoms with E-state index in [0.717, 1.165) is 22.5 Å². The second-order valence-electron chi connectivity index (χ2n) is 7.90. The molecule has 0 spiro atoms. The molecule has 7 nitrogen and oxygen atoms in total. The van der Waals surface area contributed by atoms with Gasteiger partial charge in [-0.05, 0) is 37.5 Å². The largest absolute Gasteiger partial charge is 0.471 e. The van der Waals surface area contributed by atoms with Crippen LogP contribution in [0.3, 0.4) is 0 Å². The standard InChI is InChI=1S/C21H21F3N4O3/c1-12-4-3-5-16-19(12)18-10-13(25-20(29)21(22,23)24)8-9-27(18)15-7-6-14(28(30)31)11-17(15)26(16)2/h3-7,11,13,18H,8-10H2,1-2H3,(H,25,29)/t13-,18-/m1/s1. The van der Waals surface area contributed by atoms with Gasteiger partial charge in [0.05, 0.1) is 22.3 Å². The van der Waals surface area contributed by atoms with Crippen molar-refractivity contribution in [1.82, 2.24) is 5.32 Å². The molecule has 0 bridgehead atoms. The minimum Gasteiger partial charge on any atom is -0.363 e. The van der Waals surface area contributed by atoms with Crippen LogP contribution in [0.2, 0.25) is 0 Å². The van der Waals surface area contributed by atoms with E-state index in [1.54, 1.807) is 6.07 Å². The Morgan fingerprint density at radius 3 is 2.61 bits per heavy atom. The predicted octanol–water partition coefficient (Wildman–Crippen LogP) is 4.37. The third-order valence-electron chi connectivity index (χ3n) is 6.03. The Labute approximate surface area is 176 Å². The number of rotatable bonds is 2. The highest BCUT2D eigenvalue weighted by Crippen LogP contribution is 2.49. The van der Waals surface area contributed by atoms with Crippen LogP contribution in [0.4, 0.5) is 35.9 Å². The van der Waals surface area contributed by atoms with Gasteiger partial charge in [-0.3, -0.25) is 14.9 Å². The lowest BCUT2D eigenvalue weighted by atomic mass is 9.88. The van der Waals surface area contributed by atoms with Gasteiger partial charge in [0, 0.05) is 43.0 Å². The van der Waals surface area contributed by atoms with Gasteiger partial charge in [-0.2, -0.15) is 13.2 Å². The van der Waals surface area contributed by atoms with Crippen LogP contribution in [0.25, 0.3) is 0 Å². The predicted molar refractivity (Wildman–Crippen MR) is 110 cm³/mol. The van der Waals surface area contributed by atoms with Crippen molar-refractivity contribution in [3.05, 3.63) is 57.6 Å². The van der Waals surface area contributed by atoms with E-state index >= 15 is 0 Å². The van der Waals surface area contributed by atoms with E-state index in [1.807, 2.05) is 37.1 Å². The van der Waals surface area contributed by atoms with Gasteiger partial charge in [0.25, 0.3) is 5.69 Å². The number of amides is 1. The number of nitro benzene ring substituents is 1. The van der Waals surface area contributed by atoms with Gasteiger partial charge in [-0.1, -0.05) is 12.1 Å². The number of halogens is 3. The molecule has 2 heterocycles. The van der Waals surface area contributed by atoms with E-state index < -0.39 is 23.0 Å². The van der Waals surface area contributed by atoms with Crippen LogP contribution in [0.15, 0.2) is 36.4 Å². The molecule has 2 aliphatic heterocycles. The summed E-state index contributed by atoms with van der Waals surface area (Å²) in [6.07, 6.45) is -4.30. The number of anilines is 3. The van der Waals surface area contributed by atoms with Gasteiger partial charge >= 0.3 is 12.1 Å². The van der Waals surface area contributed by atoms with Crippen molar-refractivity contribution in [3.8, 4) is 0 Å². The Hall–Kier alpha value is -3.30. The lowest BCUT2D eigenvalue weighted by Gasteiger charge is -2.41. The number of benzene rings is 2. The maximum Gasteiger partial charge on any atom is 0.471 e. The first-order chi connectivity index (χ1) is 14.6. The normalized spacial score (nSPS) is 20.3. The Balaban J connectivity index is 1.79. The number of fused-ring (bicyclic) bond motifs is 5. The highest BCUT2D eigenvalue weighted by atomic mass is 19.4. The molecule has 1 amide bonds. The van der Waals surface area contributed by atoms with E-state index in [4.69, 9.17) is 0 Å². The molecular formula is C21H21F3N4O3. The molecule has 1 fully saturated rings. The van der Waals surface area contributed by atoms with Crippen molar-refractivity contribution in [2.45, 2.75) is 38.0 Å². The van der Waals surface area contributed by atoms with Crippen LogP contribution in [-0.4, -0.2) is 36.6 Å². The molecule has 0 unspecified atom stereocenters. The molecule has 0 aliphatic carbocycles. The van der Waals surface area contributed by atoms with Gasteiger partial charge in [0.1, 0.15) is 0 Å². The zero-order chi connectivity index (χ0) is 22.5. The second kappa shape index (κ2) is 7.44. The number of carbonyl (C=O) groups is 1. The molecule has 2 atom stereocenters. The molecule has 164 valence electrons. The van der Waals surface area contributed by atoms with Crippen LogP contribution in [0.5, 0.6) is 0 Å². The Morgan fingerprint density at radius 1 is 1.19 bits per heavy atom. The molecule has 0 radical (unpaired) electrons. The van der Waals surface area contributed by atoms with E-state index in [0.29, 0.717) is 25.1 Å². The van der Waals surface area contributed by atoms with Crippen molar-refractivity contribution in [1.29, 1.82) is 0 Å². The van der Waals surface area contributed by atoms with Crippen LogP contribution >= 0.6 is 0 Å². The number of nitrogens with zero attached hydrogens (tertiary/aromatic N) is 3. The first-order valence-corrected chi connectivity index (χ1v) is 9.84. The van der Waals surface area contributed by atoms with Gasteiger partial charge in [0.2, 0.25) is 0 Å². The molecule has 0 aromatic heterocycles. The lowest BCUT2D eigenvalue weighted by molar-refractivity contribution is -0.384. The SMILES string of the molecule is Cc1cccc2c1[C@H]1C[C@H](NC(=O)C(F)(F)F)CCN1c1ccc([N+](=O)[O-])cc1N2C. The number of hydrogen-bond donors (Lipinski definition) is 1. The Kier molecular flexibility index (Phi) is 5.03. The smallest absolute Gasteiger partial charge is 0.363 e. The molecule has 2 aromatic carbocycles. The third-order valence-corrected chi connectivity index (χ3v) is 6.03. The first kappa shape index (κ1) is 21.0. The summed E-state index contributed by atoms with van der Waals surface area (Å²) >= 11 is 0. The molecule has 10 heteroatoms. The summed E-state index contributed by atoms with van der Waals surface area (Å²) in [4.78, 5) is 26.3. The van der Waals surface area contributed by atoms with E-state index in [2.05, 4.69) is 10.2 Å². The number of aryl methyl sites for hydroxylation is 1. The van der Waals surface area contributed by atoms with Crippen molar-refractivity contribution in [2.24, 2.45) is 0 Å². The monoisotopic (exact) mass is 434 g/mol. The van der Waals surface area contributed by atoms with Crippen molar-refractivity contribution in [2.75, 3.05) is 23.4 Å². The maximum absolute atomic E-state index is 12.8. The van der Waals surface area contributed by atoms with Crippen LogP contribution < -0.4 is 15.1 Å². The van der Waals surface area contributed by atoms with Crippen LogP contribution in [-0.2, 0) is 4.79 Å². The Bertz CT molecular complexity index is 1060. The molecule has 2 aliphatic rings. The molecule has 2 aromatic rings. The summed E-state index contributed by atoms with van der Waals surface area (Å²) in [6.45, 7) is 2.33. The average Bonchev–Trinajstić information content (AvgIpc) is 2.81. The topological polar surface area (TPSA) is 78.7 Å². The number of nitro groups is 1. The quantitative estimate of drug-likeness (QED) is 0.561. The van der Waals surface area contributed by atoms with Gasteiger partial charge < -0.3 is 15.1 Å². The van der Waals surface area contributed by atoms with Crippen LogP contribution in [0, 0.1) is 17.0 Å². The fourth-order valence-corrected chi connectivity index (χ4v) is 4.58. The molecular weight excluding hydrogens is 413 g/mol. The molecule has 1 N–H and O–H groups in total. The average molecular weight is 434 g/mol. The minimum atomic E-state index is -4.93. The lowest BCUT2D eigenvalue weighted by Crippen LogP contribution is -2.49. The summed E-state index contributed by atoms with van der Waals surface area (Å²) in [5, 5.41) is 13.5. The Morgan fingerprint density at radius 2 is 1.94 bits per heavy atom. The fraction of sp³-hybridized carbons (Fsp3) is 0.381. The summed E-state index contributed by atoms with van der Waals surface area (Å²) in [5.41, 5.74) is 4.12. The molecule has 0 saturated carbocycles. The minimum absolute atomic E-state index is 0.0365. The number of carbonyl (C=O) groups excluding carboxylic acids is 1. The number of piperidine rings is 1. The summed E-state index contributed by atoms with van der Waals surface area (Å²) in [5.74, 6) is -1.93. The zero-order valence-corrected chi connectivity index (χ0v) is 16.9. The highest BCUT2D eigenvalue weighted by molar-refractivity contribution is 5.84. The van der Waals surface area contributed by atoms with E-state index in [9.17, 15) is 28.1 Å². The maximum atomic E-state index is 12.8. The van der Waals surface area contributed by atoms with Gasteiger partial charge in [-0.25, -0.2) is 0 Å². The summed E-state index contributed by atoms with van der Waals surface area (Å²) < 4.78 is 38.3. The number of alkyl halides is 3. The van der Waals surface area contributed by atoms with Gasteiger partial charge in [0.15, 0.2) is 0 Å². The van der Waals surface area contributed by atoms with E-state index in [-0.39, 0.29) is 11.7 Å². The summed E-state index contributed by atoms with van der Waals surface area (Å²) in [6, 6.07) is 9.43. The first-order valence-electron chi connectivity index (χ1n) is 9.84. The molecule has 1 saturated heterocycles. The fourth-order valence-electron chi connectivity index (χ4n) is 4.58. The number of hydrogen-bond acceptors (Lipinski definition) is 5.